The summed E-state index contributed by atoms with van der Waals surface area (Å²) in [5, 5.41) is 5.97. The number of amides is 2. The Morgan fingerprint density at radius 1 is 1.18 bits per heavy atom. The van der Waals surface area contributed by atoms with Crippen molar-refractivity contribution in [2.45, 2.75) is 52.2 Å². The van der Waals surface area contributed by atoms with Crippen LogP contribution in [0.25, 0.3) is 11.5 Å². The van der Waals surface area contributed by atoms with Gasteiger partial charge in [-0.1, -0.05) is 12.8 Å². The largest absolute Gasteiger partial charge is 0.441 e. The molecule has 0 bridgehead atoms. The minimum Gasteiger partial charge on any atom is -0.441 e. The van der Waals surface area contributed by atoms with E-state index in [1.807, 2.05) is 37.3 Å². The molecule has 0 radical (unpaired) electrons. The summed E-state index contributed by atoms with van der Waals surface area (Å²) >= 11 is 1.41. The molecule has 2 heterocycles. The highest BCUT2D eigenvalue weighted by Gasteiger charge is 2.58. The number of hydrogen-bond acceptors (Lipinski definition) is 6. The van der Waals surface area contributed by atoms with Gasteiger partial charge in [0.15, 0.2) is 0 Å². The number of thiophene rings is 1. The first kappa shape index (κ1) is 22.8. The Hall–Kier alpha value is -2.97. The molecule has 178 valence electrons. The number of nitrogens with one attached hydrogen (secondary N) is 2. The summed E-state index contributed by atoms with van der Waals surface area (Å²) in [6.07, 6.45) is 5.92. The third kappa shape index (κ3) is 4.65. The molecular formula is C26H29N3O4S. The van der Waals surface area contributed by atoms with Crippen LogP contribution in [0, 0.1) is 18.3 Å². The lowest BCUT2D eigenvalue weighted by Gasteiger charge is -2.08. The van der Waals surface area contributed by atoms with Crippen molar-refractivity contribution < 1.29 is 18.7 Å². The summed E-state index contributed by atoms with van der Waals surface area (Å²) in [5.41, 5.74) is 2.54. The summed E-state index contributed by atoms with van der Waals surface area (Å²) in [5.74, 6) is 1.36. The van der Waals surface area contributed by atoms with Gasteiger partial charge in [0.1, 0.15) is 11.5 Å². The third-order valence-electron chi connectivity index (χ3n) is 6.99. The lowest BCUT2D eigenvalue weighted by Crippen LogP contribution is -2.26. The summed E-state index contributed by atoms with van der Waals surface area (Å²) < 4.78 is 11.0. The summed E-state index contributed by atoms with van der Waals surface area (Å²) in [6, 6.07) is 11.1. The quantitative estimate of drug-likeness (QED) is 0.457. The van der Waals surface area contributed by atoms with Crippen molar-refractivity contribution in [1.82, 2.24) is 10.3 Å². The third-order valence-corrected chi connectivity index (χ3v) is 8.05. The van der Waals surface area contributed by atoms with Gasteiger partial charge >= 0.3 is 0 Å². The topological polar surface area (TPSA) is 93.5 Å². The van der Waals surface area contributed by atoms with Crippen molar-refractivity contribution in [3.63, 3.8) is 0 Å². The molecular weight excluding hydrogens is 450 g/mol. The van der Waals surface area contributed by atoms with Gasteiger partial charge in [0, 0.05) is 29.2 Å². The zero-order valence-corrected chi connectivity index (χ0v) is 20.3. The van der Waals surface area contributed by atoms with Crippen LogP contribution in [0.15, 0.2) is 40.8 Å². The van der Waals surface area contributed by atoms with Crippen molar-refractivity contribution in [3.05, 3.63) is 57.6 Å². The van der Waals surface area contributed by atoms with Crippen molar-refractivity contribution in [2.75, 3.05) is 12.4 Å². The average molecular weight is 480 g/mol. The molecule has 1 aromatic carbocycles. The van der Waals surface area contributed by atoms with E-state index in [1.54, 1.807) is 13.2 Å². The lowest BCUT2D eigenvalue weighted by atomic mass is 10.0. The van der Waals surface area contributed by atoms with Crippen LogP contribution in [0.5, 0.6) is 0 Å². The highest BCUT2D eigenvalue weighted by Crippen LogP contribution is 2.62. The number of benzene rings is 1. The number of oxazole rings is 1. The van der Waals surface area contributed by atoms with Gasteiger partial charge in [-0.05, 0) is 68.0 Å². The smallest absolute Gasteiger partial charge is 0.265 e. The number of aryl methyl sites for hydroxylation is 1. The van der Waals surface area contributed by atoms with Crippen molar-refractivity contribution in [3.8, 4) is 11.5 Å². The van der Waals surface area contributed by atoms with E-state index in [2.05, 4.69) is 15.6 Å². The maximum Gasteiger partial charge on any atom is 0.265 e. The molecule has 7 nitrogen and oxygen atoms in total. The first-order valence-electron chi connectivity index (χ1n) is 11.7. The molecule has 1 unspecified atom stereocenters. The Bertz CT molecular complexity index is 1190. The van der Waals surface area contributed by atoms with Gasteiger partial charge in [0.05, 0.1) is 18.0 Å². The van der Waals surface area contributed by atoms with Gasteiger partial charge in [0.25, 0.3) is 5.91 Å². The van der Waals surface area contributed by atoms with Crippen LogP contribution < -0.4 is 10.6 Å². The number of carbonyl (C=O) groups is 2. The fourth-order valence-corrected chi connectivity index (χ4v) is 5.84. The Morgan fingerprint density at radius 2 is 1.94 bits per heavy atom. The molecule has 2 saturated carbocycles. The van der Waals surface area contributed by atoms with E-state index >= 15 is 0 Å². The number of methoxy groups -OCH3 is 1. The number of aromatic nitrogens is 1. The highest BCUT2D eigenvalue weighted by atomic mass is 32.1. The molecule has 34 heavy (non-hydrogen) atoms. The minimum absolute atomic E-state index is 0.144. The van der Waals surface area contributed by atoms with Gasteiger partial charge in [-0.25, -0.2) is 4.98 Å². The van der Waals surface area contributed by atoms with Crippen LogP contribution in [0.4, 0.5) is 5.69 Å². The molecule has 2 aromatic heterocycles. The van der Waals surface area contributed by atoms with Crippen LogP contribution in [0.1, 0.15) is 58.1 Å². The second kappa shape index (κ2) is 9.35. The Morgan fingerprint density at radius 3 is 2.68 bits per heavy atom. The van der Waals surface area contributed by atoms with E-state index in [9.17, 15) is 9.59 Å². The zero-order valence-electron chi connectivity index (χ0n) is 19.5. The average Bonchev–Trinajstić information content (AvgIpc) is 3.19. The highest BCUT2D eigenvalue weighted by molar-refractivity contribution is 7.14. The van der Waals surface area contributed by atoms with E-state index in [-0.39, 0.29) is 17.7 Å². The molecule has 2 amide bonds. The molecule has 2 N–H and O–H groups in total. The summed E-state index contributed by atoms with van der Waals surface area (Å²) in [7, 11) is 1.63. The Labute approximate surface area is 202 Å². The fraction of sp³-hybridized carbons (Fsp3) is 0.423. The second-order valence-electron chi connectivity index (χ2n) is 9.30. The Kier molecular flexibility index (Phi) is 6.27. The molecule has 0 saturated heterocycles. The van der Waals surface area contributed by atoms with Crippen LogP contribution >= 0.6 is 11.3 Å². The second-order valence-corrected chi connectivity index (χ2v) is 10.5. The van der Waals surface area contributed by atoms with Gasteiger partial charge < -0.3 is 19.8 Å². The van der Waals surface area contributed by atoms with Crippen LogP contribution in [0.2, 0.25) is 0 Å². The molecule has 2 fully saturated rings. The number of nitrogens with zero attached hydrogens (tertiary/aromatic N) is 1. The predicted molar refractivity (Wildman–Crippen MR) is 131 cm³/mol. The van der Waals surface area contributed by atoms with Gasteiger partial charge in [0.2, 0.25) is 11.8 Å². The number of hydrogen-bond donors (Lipinski definition) is 2. The predicted octanol–water partition coefficient (Wildman–Crippen LogP) is 5.31. The van der Waals surface area contributed by atoms with Crippen LogP contribution in [-0.4, -0.2) is 23.9 Å². The number of carbonyl (C=O) groups excluding carboxylic acids is 2. The molecule has 8 heteroatoms. The van der Waals surface area contributed by atoms with E-state index < -0.39 is 0 Å². The van der Waals surface area contributed by atoms with E-state index in [4.69, 9.17) is 9.15 Å². The lowest BCUT2D eigenvalue weighted by molar-refractivity contribution is -0.123. The molecule has 3 aromatic rings. The molecule has 1 spiro atoms. The monoisotopic (exact) mass is 479 g/mol. The molecule has 5 rings (SSSR count). The minimum atomic E-state index is -0.153. The van der Waals surface area contributed by atoms with Crippen molar-refractivity contribution in [2.24, 2.45) is 11.3 Å². The zero-order chi connectivity index (χ0) is 23.7. The van der Waals surface area contributed by atoms with Crippen LogP contribution in [-0.2, 0) is 22.7 Å². The van der Waals surface area contributed by atoms with E-state index in [0.717, 1.165) is 22.6 Å². The molecule has 0 aliphatic heterocycles. The first-order chi connectivity index (χ1) is 16.5. The van der Waals surface area contributed by atoms with Crippen LogP contribution in [0.3, 0.4) is 0 Å². The maximum absolute atomic E-state index is 12.6. The maximum atomic E-state index is 12.6. The SMILES string of the molecule is COCc1ccc(C(=O)Nc2ccc(-c3nc(CNC(=O)C4CC45CCCC5)c(C)o3)cc2)s1. The van der Waals surface area contributed by atoms with Gasteiger partial charge in [-0.15, -0.1) is 11.3 Å². The Balaban J connectivity index is 1.18. The van der Waals surface area contributed by atoms with Gasteiger partial charge in [-0.2, -0.15) is 0 Å². The molecule has 2 aliphatic rings. The first-order valence-corrected chi connectivity index (χ1v) is 12.5. The van der Waals surface area contributed by atoms with Crippen molar-refractivity contribution >= 4 is 28.8 Å². The normalized spacial score (nSPS) is 18.2. The summed E-state index contributed by atoms with van der Waals surface area (Å²) in [6.45, 7) is 2.73. The molecule has 2 aliphatic carbocycles. The van der Waals surface area contributed by atoms with Crippen molar-refractivity contribution in [1.29, 1.82) is 0 Å². The van der Waals surface area contributed by atoms with Gasteiger partial charge in [-0.3, -0.25) is 9.59 Å². The molecule has 1 atom stereocenters. The number of rotatable bonds is 8. The van der Waals surface area contributed by atoms with E-state index in [0.29, 0.717) is 40.8 Å². The fourth-order valence-electron chi connectivity index (χ4n) is 4.97. The standard InChI is InChI=1S/C26H29N3O4S/c1-16-21(14-27-23(30)20-13-26(20)11-3-4-12-26)29-25(33-16)17-5-7-18(8-6-17)28-24(31)22-10-9-19(34-22)15-32-2/h5-10,20H,3-4,11-15H2,1-2H3,(H,27,30)(H,28,31). The number of ether oxygens (including phenoxy) is 1. The summed E-state index contributed by atoms with van der Waals surface area (Å²) in [4.78, 5) is 31.3. The van der Waals surface area contributed by atoms with E-state index in [1.165, 1.54) is 37.0 Å². The number of anilines is 1.